The highest BCUT2D eigenvalue weighted by molar-refractivity contribution is 5.81. The van der Waals surface area contributed by atoms with Crippen LogP contribution in [0.2, 0.25) is 0 Å². The standard InChI is InChI=1S/C13H16N4O3/c1-17(13(18)12-7-14-4-5-19-12)8-9-2-3-10-11(6-9)16-20-15-10/h2-3,6,12,14H,4-5,7-8H2,1H3. The van der Waals surface area contributed by atoms with Crippen molar-refractivity contribution in [1.82, 2.24) is 20.5 Å². The van der Waals surface area contributed by atoms with Gasteiger partial charge in [-0.15, -0.1) is 0 Å². The first kappa shape index (κ1) is 13.0. The predicted molar refractivity (Wildman–Crippen MR) is 70.9 cm³/mol. The number of carbonyl (C=O) groups is 1. The summed E-state index contributed by atoms with van der Waals surface area (Å²) in [6, 6.07) is 5.62. The van der Waals surface area contributed by atoms with Gasteiger partial charge in [-0.3, -0.25) is 4.79 Å². The number of fused-ring (bicyclic) bond motifs is 1. The average Bonchev–Trinajstić information content (AvgIpc) is 2.95. The van der Waals surface area contributed by atoms with Crippen LogP contribution in [0.3, 0.4) is 0 Å². The molecule has 0 radical (unpaired) electrons. The first-order valence-corrected chi connectivity index (χ1v) is 6.52. The molecule has 0 bridgehead atoms. The van der Waals surface area contributed by atoms with Crippen LogP contribution in [0.1, 0.15) is 5.56 Å². The van der Waals surface area contributed by atoms with Crippen molar-refractivity contribution in [1.29, 1.82) is 0 Å². The Labute approximate surface area is 115 Å². The van der Waals surface area contributed by atoms with Gasteiger partial charge in [0.15, 0.2) is 0 Å². The predicted octanol–water partition coefficient (Wildman–Crippen LogP) is 0.170. The van der Waals surface area contributed by atoms with Crippen molar-refractivity contribution in [3.05, 3.63) is 23.8 Å². The van der Waals surface area contributed by atoms with Crippen molar-refractivity contribution >= 4 is 16.9 Å². The number of morpholine rings is 1. The van der Waals surface area contributed by atoms with Gasteiger partial charge < -0.3 is 15.0 Å². The minimum Gasteiger partial charge on any atom is -0.366 e. The van der Waals surface area contributed by atoms with Gasteiger partial charge in [-0.2, -0.15) is 0 Å². The molecule has 1 aromatic carbocycles. The topological polar surface area (TPSA) is 80.5 Å². The lowest BCUT2D eigenvalue weighted by Crippen LogP contribution is -2.48. The Kier molecular flexibility index (Phi) is 3.62. The van der Waals surface area contributed by atoms with Gasteiger partial charge in [-0.05, 0) is 28.0 Å². The molecular formula is C13H16N4O3. The van der Waals surface area contributed by atoms with Crippen molar-refractivity contribution in [2.75, 3.05) is 26.7 Å². The molecule has 1 atom stereocenters. The summed E-state index contributed by atoms with van der Waals surface area (Å²) in [6.45, 7) is 2.43. The highest BCUT2D eigenvalue weighted by Gasteiger charge is 2.24. The SMILES string of the molecule is CN(Cc1ccc2nonc2c1)C(=O)C1CNCCO1. The second-order valence-corrected chi connectivity index (χ2v) is 4.85. The Hall–Kier alpha value is -1.99. The summed E-state index contributed by atoms with van der Waals surface area (Å²) in [6.07, 6.45) is -0.397. The average molecular weight is 276 g/mol. The summed E-state index contributed by atoms with van der Waals surface area (Å²) < 4.78 is 10.1. The Bertz CT molecular complexity index is 606. The van der Waals surface area contributed by atoms with Crippen LogP contribution in [-0.4, -0.2) is 54.0 Å². The van der Waals surface area contributed by atoms with Gasteiger partial charge in [0, 0.05) is 26.7 Å². The molecule has 0 spiro atoms. The molecule has 0 saturated carbocycles. The second-order valence-electron chi connectivity index (χ2n) is 4.85. The molecule has 1 aliphatic rings. The van der Waals surface area contributed by atoms with E-state index in [1.807, 2.05) is 18.2 Å². The van der Waals surface area contributed by atoms with Crippen molar-refractivity contribution in [2.45, 2.75) is 12.6 Å². The number of rotatable bonds is 3. The van der Waals surface area contributed by atoms with Gasteiger partial charge in [-0.1, -0.05) is 6.07 Å². The van der Waals surface area contributed by atoms with Crippen LogP contribution in [0.25, 0.3) is 11.0 Å². The van der Waals surface area contributed by atoms with E-state index in [2.05, 4.69) is 20.3 Å². The van der Waals surface area contributed by atoms with E-state index >= 15 is 0 Å². The Morgan fingerprint density at radius 3 is 3.10 bits per heavy atom. The van der Waals surface area contributed by atoms with Crippen LogP contribution in [-0.2, 0) is 16.1 Å². The zero-order valence-electron chi connectivity index (χ0n) is 11.2. The first-order valence-electron chi connectivity index (χ1n) is 6.52. The molecule has 3 rings (SSSR count). The van der Waals surface area contributed by atoms with E-state index in [0.717, 1.165) is 12.1 Å². The van der Waals surface area contributed by atoms with Gasteiger partial charge in [0.2, 0.25) is 0 Å². The molecule has 2 heterocycles. The summed E-state index contributed by atoms with van der Waals surface area (Å²) in [4.78, 5) is 13.9. The third kappa shape index (κ3) is 2.63. The van der Waals surface area contributed by atoms with E-state index in [-0.39, 0.29) is 5.91 Å². The number of hydrogen-bond acceptors (Lipinski definition) is 6. The summed E-state index contributed by atoms with van der Waals surface area (Å²) in [5, 5.41) is 10.7. The zero-order chi connectivity index (χ0) is 13.9. The van der Waals surface area contributed by atoms with Crippen molar-refractivity contribution < 1.29 is 14.2 Å². The normalized spacial score (nSPS) is 19.1. The van der Waals surface area contributed by atoms with Gasteiger partial charge >= 0.3 is 0 Å². The number of likely N-dealkylation sites (N-methyl/N-ethyl adjacent to an activating group) is 1. The lowest BCUT2D eigenvalue weighted by Gasteiger charge is -2.27. The van der Waals surface area contributed by atoms with Gasteiger partial charge in [0.05, 0.1) is 6.61 Å². The van der Waals surface area contributed by atoms with Crippen LogP contribution in [0.15, 0.2) is 22.8 Å². The number of carbonyl (C=O) groups excluding carboxylic acids is 1. The van der Waals surface area contributed by atoms with Crippen molar-refractivity contribution in [3.63, 3.8) is 0 Å². The molecule has 1 amide bonds. The number of amides is 1. The molecule has 1 unspecified atom stereocenters. The Morgan fingerprint density at radius 1 is 1.45 bits per heavy atom. The number of ether oxygens (including phenoxy) is 1. The number of nitrogens with one attached hydrogen (secondary N) is 1. The van der Waals surface area contributed by atoms with Crippen LogP contribution >= 0.6 is 0 Å². The molecule has 1 aromatic heterocycles. The Morgan fingerprint density at radius 2 is 2.30 bits per heavy atom. The van der Waals surface area contributed by atoms with E-state index in [0.29, 0.717) is 30.7 Å². The van der Waals surface area contributed by atoms with E-state index in [9.17, 15) is 4.79 Å². The molecule has 1 aliphatic heterocycles. The largest absolute Gasteiger partial charge is 0.366 e. The smallest absolute Gasteiger partial charge is 0.253 e. The maximum absolute atomic E-state index is 12.2. The lowest BCUT2D eigenvalue weighted by atomic mass is 10.2. The van der Waals surface area contributed by atoms with E-state index in [1.165, 1.54) is 0 Å². The summed E-state index contributed by atoms with van der Waals surface area (Å²) in [7, 11) is 1.77. The Balaban J connectivity index is 1.67. The van der Waals surface area contributed by atoms with E-state index in [4.69, 9.17) is 4.74 Å². The van der Waals surface area contributed by atoms with Crippen LogP contribution < -0.4 is 5.32 Å². The minimum atomic E-state index is -0.397. The maximum atomic E-state index is 12.2. The van der Waals surface area contributed by atoms with Crippen LogP contribution in [0, 0.1) is 0 Å². The zero-order valence-corrected chi connectivity index (χ0v) is 11.2. The van der Waals surface area contributed by atoms with E-state index < -0.39 is 6.10 Å². The fourth-order valence-electron chi connectivity index (χ4n) is 2.25. The van der Waals surface area contributed by atoms with Crippen molar-refractivity contribution in [3.8, 4) is 0 Å². The van der Waals surface area contributed by atoms with Crippen LogP contribution in [0.4, 0.5) is 0 Å². The molecule has 1 N–H and O–H groups in total. The molecule has 2 aromatic rings. The molecule has 7 nitrogen and oxygen atoms in total. The van der Waals surface area contributed by atoms with Gasteiger partial charge in [0.1, 0.15) is 17.1 Å². The van der Waals surface area contributed by atoms with Crippen molar-refractivity contribution in [2.24, 2.45) is 0 Å². The molecule has 1 fully saturated rings. The highest BCUT2D eigenvalue weighted by Crippen LogP contribution is 2.13. The monoisotopic (exact) mass is 276 g/mol. The van der Waals surface area contributed by atoms with E-state index in [1.54, 1.807) is 11.9 Å². The molecular weight excluding hydrogens is 260 g/mol. The van der Waals surface area contributed by atoms with Gasteiger partial charge in [0.25, 0.3) is 5.91 Å². The molecule has 106 valence electrons. The molecule has 20 heavy (non-hydrogen) atoms. The lowest BCUT2D eigenvalue weighted by molar-refractivity contribution is -0.144. The summed E-state index contributed by atoms with van der Waals surface area (Å²) >= 11 is 0. The highest BCUT2D eigenvalue weighted by atomic mass is 16.6. The van der Waals surface area contributed by atoms with Gasteiger partial charge in [-0.25, -0.2) is 4.63 Å². The number of hydrogen-bond donors (Lipinski definition) is 1. The first-order chi connectivity index (χ1) is 9.74. The second kappa shape index (κ2) is 5.56. The third-order valence-electron chi connectivity index (χ3n) is 3.32. The fourth-order valence-corrected chi connectivity index (χ4v) is 2.25. The maximum Gasteiger partial charge on any atom is 0.253 e. The number of benzene rings is 1. The van der Waals surface area contributed by atoms with Crippen LogP contribution in [0.5, 0.6) is 0 Å². The fraction of sp³-hybridized carbons (Fsp3) is 0.462. The quantitative estimate of drug-likeness (QED) is 0.860. The summed E-state index contributed by atoms with van der Waals surface area (Å²) in [5.74, 6) is -0.0180. The molecule has 7 heteroatoms. The molecule has 1 saturated heterocycles. The number of nitrogens with zero attached hydrogens (tertiary/aromatic N) is 3. The third-order valence-corrected chi connectivity index (χ3v) is 3.32. The minimum absolute atomic E-state index is 0.0180. The summed E-state index contributed by atoms with van der Waals surface area (Å²) in [5.41, 5.74) is 2.38. The number of aromatic nitrogens is 2. The molecule has 0 aliphatic carbocycles.